The first kappa shape index (κ1) is 21.2. The molecule has 1 fully saturated rings. The first-order chi connectivity index (χ1) is 14.4. The van der Waals surface area contributed by atoms with Gasteiger partial charge in [-0.25, -0.2) is 4.79 Å². The number of hydrogen-bond donors (Lipinski definition) is 1. The third-order valence-corrected chi connectivity index (χ3v) is 4.61. The molecule has 0 aliphatic carbocycles. The predicted molar refractivity (Wildman–Crippen MR) is 110 cm³/mol. The minimum atomic E-state index is -0.812. The van der Waals surface area contributed by atoms with E-state index in [1.807, 2.05) is 0 Å². The van der Waals surface area contributed by atoms with E-state index in [-0.39, 0.29) is 18.7 Å². The quantitative estimate of drug-likeness (QED) is 0.377. The molecule has 0 unspecified atom stereocenters. The molecule has 1 aliphatic rings. The lowest BCUT2D eigenvalue weighted by Gasteiger charge is -2.25. The zero-order chi connectivity index (χ0) is 21.7. The van der Waals surface area contributed by atoms with E-state index < -0.39 is 17.8 Å². The van der Waals surface area contributed by atoms with Gasteiger partial charge >= 0.3 is 6.03 Å². The lowest BCUT2D eigenvalue weighted by molar-refractivity contribution is -0.130. The maximum absolute atomic E-state index is 12.8. The molecule has 154 valence electrons. The van der Waals surface area contributed by atoms with Crippen LogP contribution in [-0.4, -0.2) is 36.0 Å². The number of hydrogen-bond acceptors (Lipinski definition) is 6. The largest absolute Gasteiger partial charge is 0.490 e. The maximum Gasteiger partial charge on any atom is 0.331 e. The third-order valence-electron chi connectivity index (χ3n) is 4.02. The van der Waals surface area contributed by atoms with Crippen molar-refractivity contribution in [1.82, 2.24) is 10.2 Å². The fourth-order valence-corrected chi connectivity index (χ4v) is 3.32. The Labute approximate surface area is 180 Å². The number of rotatable bonds is 7. The Bertz CT molecular complexity index is 1050. The fourth-order valence-electron chi connectivity index (χ4n) is 2.75. The highest BCUT2D eigenvalue weighted by Crippen LogP contribution is 2.37. The van der Waals surface area contributed by atoms with Crippen molar-refractivity contribution in [3.63, 3.8) is 0 Å². The number of nitrogens with zero attached hydrogens (tertiary/aromatic N) is 1. The van der Waals surface area contributed by atoms with Crippen LogP contribution >= 0.6 is 15.9 Å². The Balaban J connectivity index is 1.95. The topological polar surface area (TPSA) is 98.1 Å². The molecule has 1 aromatic carbocycles. The monoisotopic (exact) mass is 472 g/mol. The summed E-state index contributed by atoms with van der Waals surface area (Å²) in [4.78, 5) is 38.2. The summed E-state index contributed by atoms with van der Waals surface area (Å²) in [5.41, 5.74) is 0.289. The molecule has 1 aromatic heterocycles. The van der Waals surface area contributed by atoms with Gasteiger partial charge in [-0.2, -0.15) is 0 Å². The summed E-state index contributed by atoms with van der Waals surface area (Å²) in [5.74, 6) is 2.06. The standard InChI is InChI=1S/C21H17BrN2O6/c1-3-7-30-18-16(22)10-13(11-17(18)28-4-2)9-15-19(25)23-21(27)24(20(15)26)12-14-6-5-8-29-14/h1,5-6,8-11H,4,7,12H2,2H3,(H,23,25,27)/b15-9+. The van der Waals surface area contributed by atoms with Crippen LogP contribution in [0.4, 0.5) is 4.79 Å². The van der Waals surface area contributed by atoms with Crippen molar-refractivity contribution in [2.45, 2.75) is 13.5 Å². The minimum absolute atomic E-state index is 0.0455. The van der Waals surface area contributed by atoms with Gasteiger partial charge in [-0.05, 0) is 58.8 Å². The summed E-state index contributed by atoms with van der Waals surface area (Å²) >= 11 is 3.39. The van der Waals surface area contributed by atoms with Crippen LogP contribution in [-0.2, 0) is 16.1 Å². The van der Waals surface area contributed by atoms with Crippen LogP contribution in [0.5, 0.6) is 11.5 Å². The smallest absolute Gasteiger partial charge is 0.331 e. The van der Waals surface area contributed by atoms with E-state index in [1.54, 1.807) is 31.2 Å². The summed E-state index contributed by atoms with van der Waals surface area (Å²) in [7, 11) is 0. The second-order valence-electron chi connectivity index (χ2n) is 6.04. The first-order valence-electron chi connectivity index (χ1n) is 8.88. The molecule has 0 bridgehead atoms. The number of benzene rings is 1. The number of halogens is 1. The number of barbiturate groups is 1. The molecule has 0 saturated carbocycles. The van der Waals surface area contributed by atoms with Crippen LogP contribution in [0.25, 0.3) is 6.08 Å². The van der Waals surface area contributed by atoms with Gasteiger partial charge in [0.05, 0.1) is 23.9 Å². The Kier molecular flexibility index (Phi) is 6.59. The van der Waals surface area contributed by atoms with Gasteiger partial charge in [0, 0.05) is 0 Å². The van der Waals surface area contributed by atoms with E-state index >= 15 is 0 Å². The van der Waals surface area contributed by atoms with Crippen molar-refractivity contribution in [1.29, 1.82) is 0 Å². The molecule has 9 heteroatoms. The number of nitrogens with one attached hydrogen (secondary N) is 1. The number of furan rings is 1. The maximum atomic E-state index is 12.8. The Morgan fingerprint density at radius 2 is 2.10 bits per heavy atom. The van der Waals surface area contributed by atoms with Crippen LogP contribution in [0.15, 0.2) is 45.0 Å². The fraction of sp³-hybridized carbons (Fsp3) is 0.190. The molecule has 4 amide bonds. The van der Waals surface area contributed by atoms with Gasteiger partial charge in [-0.15, -0.1) is 6.42 Å². The van der Waals surface area contributed by atoms with Gasteiger partial charge in [-0.1, -0.05) is 5.92 Å². The average molecular weight is 473 g/mol. The number of carbonyl (C=O) groups excluding carboxylic acids is 3. The molecule has 1 saturated heterocycles. The molecule has 1 aliphatic heterocycles. The van der Waals surface area contributed by atoms with E-state index in [4.69, 9.17) is 20.3 Å². The number of carbonyl (C=O) groups is 3. The van der Waals surface area contributed by atoms with Gasteiger partial charge in [0.2, 0.25) is 0 Å². The molecular weight excluding hydrogens is 456 g/mol. The zero-order valence-electron chi connectivity index (χ0n) is 15.9. The number of terminal acetylenes is 1. The van der Waals surface area contributed by atoms with Crippen molar-refractivity contribution >= 4 is 39.9 Å². The van der Waals surface area contributed by atoms with E-state index in [2.05, 4.69) is 27.2 Å². The molecule has 3 rings (SSSR count). The van der Waals surface area contributed by atoms with E-state index in [0.717, 1.165) is 4.90 Å². The van der Waals surface area contributed by atoms with Crippen LogP contribution in [0, 0.1) is 12.3 Å². The zero-order valence-corrected chi connectivity index (χ0v) is 17.5. The highest BCUT2D eigenvalue weighted by molar-refractivity contribution is 9.10. The molecular formula is C21H17BrN2O6. The van der Waals surface area contributed by atoms with Crippen LogP contribution in [0.1, 0.15) is 18.2 Å². The molecule has 2 heterocycles. The lowest BCUT2D eigenvalue weighted by Crippen LogP contribution is -2.53. The molecule has 0 radical (unpaired) electrons. The number of imide groups is 2. The van der Waals surface area contributed by atoms with Crippen molar-refractivity contribution in [2.24, 2.45) is 0 Å². The highest BCUT2D eigenvalue weighted by atomic mass is 79.9. The molecule has 0 spiro atoms. The molecule has 1 N–H and O–H groups in total. The van der Waals surface area contributed by atoms with Crippen LogP contribution in [0.3, 0.4) is 0 Å². The van der Waals surface area contributed by atoms with Crippen molar-refractivity contribution in [3.05, 3.63) is 51.9 Å². The molecule has 30 heavy (non-hydrogen) atoms. The van der Waals surface area contributed by atoms with E-state index in [9.17, 15) is 14.4 Å². The molecule has 8 nitrogen and oxygen atoms in total. The average Bonchev–Trinajstić information content (AvgIpc) is 3.21. The Hall–Kier alpha value is -3.51. The van der Waals surface area contributed by atoms with Crippen molar-refractivity contribution in [2.75, 3.05) is 13.2 Å². The summed E-state index contributed by atoms with van der Waals surface area (Å²) in [6, 6.07) is 5.71. The van der Waals surface area contributed by atoms with Gasteiger partial charge in [0.25, 0.3) is 11.8 Å². The summed E-state index contributed by atoms with van der Waals surface area (Å²) in [5, 5.41) is 2.16. The summed E-state index contributed by atoms with van der Waals surface area (Å²) in [6.45, 7) is 2.11. The highest BCUT2D eigenvalue weighted by Gasteiger charge is 2.36. The SMILES string of the molecule is C#CCOc1c(Br)cc(/C=C2\C(=O)NC(=O)N(Cc3ccco3)C2=O)cc1OCC. The second-order valence-corrected chi connectivity index (χ2v) is 6.90. The van der Waals surface area contributed by atoms with Gasteiger partial charge < -0.3 is 13.9 Å². The summed E-state index contributed by atoms with van der Waals surface area (Å²) < 4.78 is 16.8. The van der Waals surface area contributed by atoms with Gasteiger partial charge in [0.1, 0.15) is 17.9 Å². The summed E-state index contributed by atoms with van der Waals surface area (Å²) in [6.07, 6.45) is 8.05. The van der Waals surface area contributed by atoms with E-state index in [0.29, 0.717) is 33.9 Å². The number of amides is 4. The Morgan fingerprint density at radius 1 is 1.30 bits per heavy atom. The van der Waals surface area contributed by atoms with Crippen molar-refractivity contribution < 1.29 is 28.3 Å². The second kappa shape index (κ2) is 9.33. The lowest BCUT2D eigenvalue weighted by atomic mass is 10.1. The van der Waals surface area contributed by atoms with Crippen LogP contribution in [0.2, 0.25) is 0 Å². The van der Waals surface area contributed by atoms with Gasteiger partial charge in [0.15, 0.2) is 11.5 Å². The first-order valence-corrected chi connectivity index (χ1v) is 9.67. The molecule has 2 aromatic rings. The number of ether oxygens (including phenoxy) is 2. The Morgan fingerprint density at radius 3 is 2.77 bits per heavy atom. The predicted octanol–water partition coefficient (Wildman–Crippen LogP) is 3.11. The molecule has 0 atom stereocenters. The third kappa shape index (κ3) is 4.55. The van der Waals surface area contributed by atoms with E-state index in [1.165, 1.54) is 12.3 Å². The normalized spacial score (nSPS) is 15.2. The minimum Gasteiger partial charge on any atom is -0.490 e. The number of urea groups is 1. The van der Waals surface area contributed by atoms with Gasteiger partial charge in [-0.3, -0.25) is 19.8 Å². The van der Waals surface area contributed by atoms with Crippen LogP contribution < -0.4 is 14.8 Å². The van der Waals surface area contributed by atoms with Crippen molar-refractivity contribution in [3.8, 4) is 23.8 Å².